The molecule has 0 saturated heterocycles. The summed E-state index contributed by atoms with van der Waals surface area (Å²) in [6.45, 7) is 3.79. The number of unbranched alkanes of at least 4 members (excludes halogenated alkanes) is 17. The van der Waals surface area contributed by atoms with E-state index in [4.69, 9.17) is 9.05 Å². The van der Waals surface area contributed by atoms with Crippen LogP contribution in [0.4, 0.5) is 0 Å². The van der Waals surface area contributed by atoms with Crippen molar-refractivity contribution in [2.75, 3.05) is 6.61 Å². The van der Waals surface area contributed by atoms with Crippen LogP contribution in [0.15, 0.2) is 0 Å². The van der Waals surface area contributed by atoms with Crippen molar-refractivity contribution in [1.29, 1.82) is 0 Å². The molecule has 0 spiro atoms. The summed E-state index contributed by atoms with van der Waals surface area (Å²) in [6.07, 6.45) is 8.89. The minimum Gasteiger partial charge on any atom is -0.391 e. The van der Waals surface area contributed by atoms with Crippen LogP contribution in [0.5, 0.6) is 0 Å². The molecular weight excluding hydrogens is 617 g/mol. The molecule has 274 valence electrons. The molecule has 1 rings (SSSR count). The van der Waals surface area contributed by atoms with Crippen LogP contribution in [0.25, 0.3) is 0 Å². The molecule has 0 aromatic rings. The van der Waals surface area contributed by atoms with E-state index < -0.39 is 63.2 Å². The lowest BCUT2D eigenvalue weighted by Gasteiger charge is -2.41. The average molecular weight is 684 g/mol. The van der Waals surface area contributed by atoms with Gasteiger partial charge in [-0.15, -0.1) is 0 Å². The Morgan fingerprint density at radius 2 is 1.04 bits per heavy atom. The molecule has 1 aliphatic rings. The highest BCUT2D eigenvalue weighted by molar-refractivity contribution is 7.47. The van der Waals surface area contributed by atoms with Crippen molar-refractivity contribution in [2.24, 2.45) is 0 Å². The second-order valence-electron chi connectivity index (χ2n) is 13.1. The van der Waals surface area contributed by atoms with E-state index in [9.17, 15) is 44.9 Å². The van der Waals surface area contributed by atoms with Crippen LogP contribution in [0.2, 0.25) is 0 Å². The van der Waals surface area contributed by atoms with Gasteiger partial charge in [0.2, 0.25) is 5.91 Å². The normalized spacial score (nSPS) is 26.0. The highest BCUT2D eigenvalue weighted by Gasteiger charge is 2.51. The van der Waals surface area contributed by atoms with Gasteiger partial charge in [0.1, 0.15) is 36.6 Å². The molecule has 1 fully saturated rings. The van der Waals surface area contributed by atoms with Gasteiger partial charge in [0.05, 0.1) is 18.8 Å². The summed E-state index contributed by atoms with van der Waals surface area (Å²) < 4.78 is 22.7. The number of carbonyl (C=O) groups excluding carboxylic acids is 1. The minimum absolute atomic E-state index is 0.239. The number of hydrogen-bond donors (Lipinski definition) is 8. The Labute approximate surface area is 276 Å². The van der Waals surface area contributed by atoms with Crippen molar-refractivity contribution in [2.45, 2.75) is 197 Å². The molecule has 46 heavy (non-hydrogen) atoms. The van der Waals surface area contributed by atoms with Gasteiger partial charge in [0, 0.05) is 6.42 Å². The number of aliphatic hydroxyl groups is 6. The standard InChI is InChI=1S/C33H66NO11P/c1-3-5-7-9-11-13-15-16-18-20-22-26(35)25(34-27(36)23-21-19-17-14-12-10-8-6-4-2)24-44-46(42,43)45-33-31(40)29(38)28(37)30(39)32(33)41/h25-26,28-33,35,37-41H,3-24H2,1-2H3,(H,34,36)(H,42,43)/t25-,26+,28?,29+,30?,31?,32?,33?/m0/s1. The summed E-state index contributed by atoms with van der Waals surface area (Å²) in [6, 6.07) is -1.02. The lowest BCUT2D eigenvalue weighted by molar-refractivity contribution is -0.220. The summed E-state index contributed by atoms with van der Waals surface area (Å²) in [7, 11) is -5.03. The molecule has 0 radical (unpaired) electrons. The monoisotopic (exact) mass is 683 g/mol. The first-order valence-electron chi connectivity index (χ1n) is 18.0. The maximum Gasteiger partial charge on any atom is 0.472 e. The largest absolute Gasteiger partial charge is 0.472 e. The smallest absolute Gasteiger partial charge is 0.391 e. The van der Waals surface area contributed by atoms with Gasteiger partial charge in [-0.25, -0.2) is 4.57 Å². The second kappa shape index (κ2) is 25.3. The number of rotatable bonds is 28. The molecular formula is C33H66NO11P. The molecule has 1 amide bonds. The fourth-order valence-corrected chi connectivity index (χ4v) is 6.81. The molecule has 8 N–H and O–H groups in total. The van der Waals surface area contributed by atoms with Gasteiger partial charge in [-0.3, -0.25) is 13.8 Å². The van der Waals surface area contributed by atoms with E-state index in [2.05, 4.69) is 19.2 Å². The van der Waals surface area contributed by atoms with Crippen LogP contribution >= 0.6 is 7.82 Å². The van der Waals surface area contributed by atoms with Crippen molar-refractivity contribution >= 4 is 13.7 Å². The number of phosphoric ester groups is 1. The fourth-order valence-electron chi connectivity index (χ4n) is 5.85. The number of nitrogens with one attached hydrogen (secondary N) is 1. The molecule has 0 heterocycles. The van der Waals surface area contributed by atoms with Crippen molar-refractivity contribution in [1.82, 2.24) is 5.32 Å². The van der Waals surface area contributed by atoms with Crippen LogP contribution in [0.1, 0.15) is 149 Å². The third-order valence-electron chi connectivity index (χ3n) is 8.92. The Hall–Kier alpha value is -0.660. The first kappa shape index (κ1) is 43.4. The van der Waals surface area contributed by atoms with Crippen LogP contribution in [-0.2, 0) is 18.4 Å². The van der Waals surface area contributed by atoms with E-state index in [1.807, 2.05) is 0 Å². The van der Waals surface area contributed by atoms with E-state index in [0.717, 1.165) is 38.5 Å². The number of carbonyl (C=O) groups is 1. The van der Waals surface area contributed by atoms with Crippen molar-refractivity contribution < 1.29 is 53.9 Å². The van der Waals surface area contributed by atoms with Crippen LogP contribution in [0.3, 0.4) is 0 Å². The molecule has 1 aliphatic carbocycles. The zero-order chi connectivity index (χ0) is 34.4. The third kappa shape index (κ3) is 18.2. The van der Waals surface area contributed by atoms with Gasteiger partial charge in [-0.05, 0) is 12.8 Å². The summed E-state index contributed by atoms with van der Waals surface area (Å²) in [5.74, 6) is -0.314. The number of aliphatic hydroxyl groups excluding tert-OH is 6. The molecule has 9 atom stereocenters. The van der Waals surface area contributed by atoms with Crippen molar-refractivity contribution in [3.63, 3.8) is 0 Å². The van der Waals surface area contributed by atoms with E-state index in [1.54, 1.807) is 0 Å². The van der Waals surface area contributed by atoms with Crippen molar-refractivity contribution in [3.8, 4) is 0 Å². The van der Waals surface area contributed by atoms with Crippen LogP contribution in [-0.4, -0.2) is 96.8 Å². The maximum atomic E-state index is 12.8. The fraction of sp³-hybridized carbons (Fsp3) is 0.970. The molecule has 6 unspecified atom stereocenters. The van der Waals surface area contributed by atoms with Crippen molar-refractivity contribution in [3.05, 3.63) is 0 Å². The summed E-state index contributed by atoms with van der Waals surface area (Å²) in [5, 5.41) is 63.5. The molecule has 0 aromatic heterocycles. The number of hydrogen-bond acceptors (Lipinski definition) is 10. The lowest BCUT2D eigenvalue weighted by atomic mass is 9.85. The Morgan fingerprint density at radius 3 is 1.50 bits per heavy atom. The van der Waals surface area contributed by atoms with E-state index in [1.165, 1.54) is 70.6 Å². The molecule has 12 nitrogen and oxygen atoms in total. The quantitative estimate of drug-likeness (QED) is 0.0429. The summed E-state index contributed by atoms with van der Waals surface area (Å²) in [5.41, 5.74) is 0. The predicted octanol–water partition coefficient (Wildman–Crippen LogP) is 4.38. The highest BCUT2D eigenvalue weighted by Crippen LogP contribution is 2.47. The van der Waals surface area contributed by atoms with Crippen LogP contribution in [0, 0.1) is 0 Å². The highest BCUT2D eigenvalue weighted by atomic mass is 31.2. The van der Waals surface area contributed by atoms with Gasteiger partial charge >= 0.3 is 7.82 Å². The van der Waals surface area contributed by atoms with E-state index in [0.29, 0.717) is 19.3 Å². The van der Waals surface area contributed by atoms with E-state index in [-0.39, 0.29) is 12.3 Å². The van der Waals surface area contributed by atoms with Crippen LogP contribution < -0.4 is 5.32 Å². The number of amides is 1. The van der Waals surface area contributed by atoms with Gasteiger partial charge in [-0.1, -0.05) is 129 Å². The molecule has 1 saturated carbocycles. The molecule has 0 aromatic carbocycles. The Morgan fingerprint density at radius 1 is 0.652 bits per heavy atom. The Bertz CT molecular complexity index is 806. The zero-order valence-electron chi connectivity index (χ0n) is 28.4. The maximum absolute atomic E-state index is 12.8. The molecule has 13 heteroatoms. The zero-order valence-corrected chi connectivity index (χ0v) is 29.3. The second-order valence-corrected chi connectivity index (χ2v) is 14.5. The van der Waals surface area contributed by atoms with Gasteiger partial charge in [0.25, 0.3) is 0 Å². The first-order valence-corrected chi connectivity index (χ1v) is 19.5. The average Bonchev–Trinajstić information content (AvgIpc) is 3.03. The Kier molecular flexibility index (Phi) is 23.9. The predicted molar refractivity (Wildman–Crippen MR) is 177 cm³/mol. The molecule has 0 bridgehead atoms. The third-order valence-corrected chi connectivity index (χ3v) is 9.90. The SMILES string of the molecule is CCCCCCCCCCCC[C@@H](O)[C@H](COP(=O)(O)OC1C(O)C(O)C(O)[C@@H](O)C1O)NC(=O)CCCCCCCCCCC. The molecule has 0 aliphatic heterocycles. The number of phosphoric acid groups is 1. The summed E-state index contributed by atoms with van der Waals surface area (Å²) in [4.78, 5) is 23.1. The van der Waals surface area contributed by atoms with Gasteiger partial charge < -0.3 is 40.8 Å². The first-order chi connectivity index (χ1) is 21.9. The Balaban J connectivity index is 2.62. The summed E-state index contributed by atoms with van der Waals surface area (Å²) >= 11 is 0. The topological polar surface area (TPSA) is 206 Å². The minimum atomic E-state index is -5.03. The van der Waals surface area contributed by atoms with Gasteiger partial charge in [0.15, 0.2) is 0 Å². The lowest BCUT2D eigenvalue weighted by Crippen LogP contribution is -2.64. The van der Waals surface area contributed by atoms with E-state index >= 15 is 0 Å². The van der Waals surface area contributed by atoms with Gasteiger partial charge in [-0.2, -0.15) is 0 Å².